The first-order valence-electron chi connectivity index (χ1n) is 8.38. The molecule has 0 saturated carbocycles. The van der Waals surface area contributed by atoms with Crippen LogP contribution in [0.4, 0.5) is 5.69 Å². The van der Waals surface area contributed by atoms with E-state index < -0.39 is 10.0 Å². The Bertz CT molecular complexity index is 826. The summed E-state index contributed by atoms with van der Waals surface area (Å²) in [6.07, 6.45) is 0.767. The fourth-order valence-electron chi connectivity index (χ4n) is 2.83. The highest BCUT2D eigenvalue weighted by molar-refractivity contribution is 7.89. The number of nitrogens with zero attached hydrogens (tertiary/aromatic N) is 2. The van der Waals surface area contributed by atoms with Crippen LogP contribution >= 0.6 is 0 Å². The number of ether oxygens (including phenoxy) is 1. The van der Waals surface area contributed by atoms with Crippen molar-refractivity contribution in [1.29, 1.82) is 0 Å². The predicted octanol–water partition coefficient (Wildman–Crippen LogP) is 2.18. The molecule has 8 heteroatoms. The highest BCUT2D eigenvalue weighted by atomic mass is 32.2. The van der Waals surface area contributed by atoms with Gasteiger partial charge in [0.15, 0.2) is 0 Å². The van der Waals surface area contributed by atoms with Gasteiger partial charge in [0.05, 0.1) is 23.8 Å². The number of morpholine rings is 1. The van der Waals surface area contributed by atoms with E-state index in [4.69, 9.17) is 9.26 Å². The zero-order valence-electron chi connectivity index (χ0n) is 14.5. The molecular formula is C17H23N3O4S. The molecule has 1 aromatic heterocycles. The molecule has 7 nitrogen and oxygen atoms in total. The minimum atomic E-state index is -3.50. The Balaban J connectivity index is 1.76. The summed E-state index contributed by atoms with van der Waals surface area (Å²) in [5.41, 5.74) is 2.61. The van der Waals surface area contributed by atoms with Crippen molar-refractivity contribution >= 4 is 15.7 Å². The lowest BCUT2D eigenvalue weighted by molar-refractivity contribution is 0.0730. The molecule has 3 rings (SSSR count). The van der Waals surface area contributed by atoms with Gasteiger partial charge in [-0.2, -0.15) is 4.31 Å². The van der Waals surface area contributed by atoms with Gasteiger partial charge < -0.3 is 14.6 Å². The zero-order valence-corrected chi connectivity index (χ0v) is 15.3. The molecule has 2 aromatic rings. The van der Waals surface area contributed by atoms with Gasteiger partial charge in [-0.1, -0.05) is 18.1 Å². The number of sulfonamides is 1. The van der Waals surface area contributed by atoms with Gasteiger partial charge in [0, 0.05) is 37.3 Å². The lowest BCUT2D eigenvalue weighted by Gasteiger charge is -2.26. The number of aryl methyl sites for hydroxylation is 2. The van der Waals surface area contributed by atoms with Gasteiger partial charge in [-0.25, -0.2) is 8.42 Å². The van der Waals surface area contributed by atoms with Crippen molar-refractivity contribution in [1.82, 2.24) is 9.46 Å². The molecule has 0 bridgehead atoms. The average molecular weight is 365 g/mol. The Morgan fingerprint density at radius 1 is 1.28 bits per heavy atom. The molecule has 0 aliphatic carbocycles. The minimum absolute atomic E-state index is 0.289. The molecule has 0 spiro atoms. The van der Waals surface area contributed by atoms with Crippen LogP contribution in [0.5, 0.6) is 0 Å². The van der Waals surface area contributed by atoms with Gasteiger partial charge in [-0.3, -0.25) is 0 Å². The standard InChI is InChI=1S/C17H23N3O4S/c1-3-17-16(13(2)19-24-17)12-18-14-5-4-6-15(11-14)25(21,22)20-7-9-23-10-8-20/h4-6,11,18H,3,7-10,12H2,1-2H3. The number of nitrogens with one attached hydrogen (secondary N) is 1. The molecule has 1 aromatic carbocycles. The lowest BCUT2D eigenvalue weighted by atomic mass is 10.1. The number of anilines is 1. The van der Waals surface area contributed by atoms with E-state index in [0.717, 1.165) is 29.1 Å². The third-order valence-electron chi connectivity index (χ3n) is 4.30. The minimum Gasteiger partial charge on any atom is -0.381 e. The van der Waals surface area contributed by atoms with Crippen molar-refractivity contribution in [3.63, 3.8) is 0 Å². The monoisotopic (exact) mass is 365 g/mol. The van der Waals surface area contributed by atoms with Gasteiger partial charge in [0.1, 0.15) is 5.76 Å². The fourth-order valence-corrected chi connectivity index (χ4v) is 4.29. The van der Waals surface area contributed by atoms with Crippen molar-refractivity contribution in [2.24, 2.45) is 0 Å². The summed E-state index contributed by atoms with van der Waals surface area (Å²) in [6, 6.07) is 6.89. The fraction of sp³-hybridized carbons (Fsp3) is 0.471. The normalized spacial score (nSPS) is 16.1. The Hall–Kier alpha value is -1.90. The predicted molar refractivity (Wildman–Crippen MR) is 94.0 cm³/mol. The van der Waals surface area contributed by atoms with Crippen LogP contribution < -0.4 is 5.32 Å². The van der Waals surface area contributed by atoms with Crippen LogP contribution in [0.25, 0.3) is 0 Å². The lowest BCUT2D eigenvalue weighted by Crippen LogP contribution is -2.40. The summed E-state index contributed by atoms with van der Waals surface area (Å²) < 4.78 is 37.5. The van der Waals surface area contributed by atoms with Gasteiger partial charge in [0.25, 0.3) is 0 Å². The highest BCUT2D eigenvalue weighted by Crippen LogP contribution is 2.22. The quantitative estimate of drug-likeness (QED) is 0.845. The van der Waals surface area contributed by atoms with Gasteiger partial charge in [0.2, 0.25) is 10.0 Å². The number of hydrogen-bond acceptors (Lipinski definition) is 6. The van der Waals surface area contributed by atoms with Gasteiger partial charge >= 0.3 is 0 Å². The molecule has 1 N–H and O–H groups in total. The van der Waals surface area contributed by atoms with Crippen LogP contribution in [0.2, 0.25) is 0 Å². The van der Waals surface area contributed by atoms with E-state index in [1.165, 1.54) is 4.31 Å². The molecule has 25 heavy (non-hydrogen) atoms. The highest BCUT2D eigenvalue weighted by Gasteiger charge is 2.26. The molecule has 136 valence electrons. The van der Waals surface area contributed by atoms with E-state index in [2.05, 4.69) is 10.5 Å². The maximum Gasteiger partial charge on any atom is 0.243 e. The molecule has 1 fully saturated rings. The number of hydrogen-bond donors (Lipinski definition) is 1. The maximum absolute atomic E-state index is 12.7. The summed E-state index contributed by atoms with van der Waals surface area (Å²) in [6.45, 7) is 6.10. The first-order valence-corrected chi connectivity index (χ1v) is 9.82. The van der Waals surface area contributed by atoms with Crippen LogP contribution in [0, 0.1) is 6.92 Å². The number of aromatic nitrogens is 1. The topological polar surface area (TPSA) is 84.7 Å². The summed E-state index contributed by atoms with van der Waals surface area (Å²) in [5, 5.41) is 7.26. The molecule has 0 unspecified atom stereocenters. The van der Waals surface area contributed by atoms with Gasteiger partial charge in [-0.15, -0.1) is 0 Å². The number of benzene rings is 1. The maximum atomic E-state index is 12.7. The second-order valence-corrected chi connectivity index (χ2v) is 7.86. The summed E-state index contributed by atoms with van der Waals surface area (Å²) in [4.78, 5) is 0.289. The smallest absolute Gasteiger partial charge is 0.243 e. The van der Waals surface area contributed by atoms with E-state index in [1.807, 2.05) is 19.9 Å². The van der Waals surface area contributed by atoms with Gasteiger partial charge in [-0.05, 0) is 25.1 Å². The molecule has 0 radical (unpaired) electrons. The third-order valence-corrected chi connectivity index (χ3v) is 6.19. The SMILES string of the molecule is CCc1onc(C)c1CNc1cccc(S(=O)(=O)N2CCOCC2)c1. The van der Waals surface area contributed by atoms with E-state index in [-0.39, 0.29) is 4.90 Å². The van der Waals surface area contributed by atoms with Crippen molar-refractivity contribution in [3.05, 3.63) is 41.3 Å². The average Bonchev–Trinajstić information content (AvgIpc) is 3.00. The van der Waals surface area contributed by atoms with Crippen LogP contribution in [-0.2, 0) is 27.7 Å². The Labute approximate surface area is 148 Å². The van der Waals surface area contributed by atoms with Crippen LogP contribution in [0.15, 0.2) is 33.7 Å². The second kappa shape index (κ2) is 7.55. The van der Waals surface area contributed by atoms with Crippen LogP contribution in [0.3, 0.4) is 0 Å². The first kappa shape index (κ1) is 17.9. The van der Waals surface area contributed by atoms with Crippen molar-refractivity contribution < 1.29 is 17.7 Å². The molecule has 1 saturated heterocycles. The molecular weight excluding hydrogens is 342 g/mol. The van der Waals surface area contributed by atoms with Crippen molar-refractivity contribution in [3.8, 4) is 0 Å². The molecule has 1 aliphatic heterocycles. The van der Waals surface area contributed by atoms with Crippen molar-refractivity contribution in [2.45, 2.75) is 31.7 Å². The van der Waals surface area contributed by atoms with E-state index >= 15 is 0 Å². The summed E-state index contributed by atoms with van der Waals surface area (Å²) >= 11 is 0. The zero-order chi connectivity index (χ0) is 17.9. The van der Waals surface area contributed by atoms with Crippen LogP contribution in [0.1, 0.15) is 23.9 Å². The van der Waals surface area contributed by atoms with E-state index in [0.29, 0.717) is 32.8 Å². The Morgan fingerprint density at radius 3 is 2.76 bits per heavy atom. The number of rotatable bonds is 6. The molecule has 0 atom stereocenters. The summed E-state index contributed by atoms with van der Waals surface area (Å²) in [5.74, 6) is 0.849. The summed E-state index contributed by atoms with van der Waals surface area (Å²) in [7, 11) is -3.50. The Kier molecular flexibility index (Phi) is 5.41. The largest absolute Gasteiger partial charge is 0.381 e. The molecule has 2 heterocycles. The molecule has 1 aliphatic rings. The molecule has 0 amide bonds. The van der Waals surface area contributed by atoms with E-state index in [1.54, 1.807) is 18.2 Å². The Morgan fingerprint density at radius 2 is 2.04 bits per heavy atom. The second-order valence-electron chi connectivity index (χ2n) is 5.92. The van der Waals surface area contributed by atoms with E-state index in [9.17, 15) is 8.42 Å². The van der Waals surface area contributed by atoms with Crippen molar-refractivity contribution in [2.75, 3.05) is 31.6 Å². The third kappa shape index (κ3) is 3.86. The first-order chi connectivity index (χ1) is 12.0. The van der Waals surface area contributed by atoms with Crippen LogP contribution in [-0.4, -0.2) is 44.2 Å².